The lowest BCUT2D eigenvalue weighted by atomic mass is 10.4. The van der Waals surface area contributed by atoms with Crippen molar-refractivity contribution in [1.29, 1.82) is 0 Å². The average Bonchev–Trinajstić information content (AvgIpc) is 2.30. The Hall–Kier alpha value is -1.32. The fraction of sp³-hybridized carbons (Fsp3) is 0. The van der Waals surface area contributed by atoms with Gasteiger partial charge in [0, 0.05) is 12.3 Å². The number of hydrogen-bond donors (Lipinski definition) is 1. The number of hydrogen-bond acceptors (Lipinski definition) is 2. The Morgan fingerprint density at radius 2 is 1.64 bits per heavy atom. The van der Waals surface area contributed by atoms with Crippen LogP contribution in [-0.2, 0) is 11.2 Å². The summed E-state index contributed by atoms with van der Waals surface area (Å²) in [6, 6.07) is 15.1. The molecule has 1 aromatic heterocycles. The summed E-state index contributed by atoms with van der Waals surface area (Å²) in [5.74, 6) is 0. The lowest BCUT2D eigenvalue weighted by molar-refractivity contribution is 0.634. The number of nitrogens with zero attached hydrogens (tertiary/aromatic N) is 1. The molecule has 0 aliphatic carbocycles. The summed E-state index contributed by atoms with van der Waals surface area (Å²) in [6.07, 6.45) is 1.69. The molecule has 2 aromatic rings. The van der Waals surface area contributed by atoms with Crippen molar-refractivity contribution in [1.82, 2.24) is 4.98 Å². The maximum atomic E-state index is 9.96. The van der Waals surface area contributed by atoms with Gasteiger partial charge in [0.15, 0.2) is 4.90 Å². The Morgan fingerprint density at radius 1 is 0.929 bits per heavy atom. The molecule has 1 heterocycles. The third-order valence-corrected chi connectivity index (χ3v) is 3.16. The second-order valence-electron chi connectivity index (χ2n) is 2.77. The molecule has 2 nitrogen and oxygen atoms in total. The molecule has 14 heavy (non-hydrogen) atoms. The maximum Gasteiger partial charge on any atom is 0.287 e. The lowest BCUT2D eigenvalue weighted by Gasteiger charge is -1.96. The highest BCUT2D eigenvalue weighted by molar-refractivity contribution is 7.91. The van der Waals surface area contributed by atoms with Crippen LogP contribution < -0.4 is 0 Å². The Bertz CT molecular complexity index is 351. The number of benzene rings is 1. The van der Waals surface area contributed by atoms with Gasteiger partial charge in [0.1, 0.15) is 0 Å². The molecular formula is C11H10NOS+. The summed E-state index contributed by atoms with van der Waals surface area (Å²) < 4.78 is 9.96. The minimum atomic E-state index is -0.908. The molecular weight excluding hydrogens is 194 g/mol. The molecule has 0 spiro atoms. The van der Waals surface area contributed by atoms with Crippen molar-refractivity contribution in [2.75, 3.05) is 0 Å². The molecule has 0 amide bonds. The van der Waals surface area contributed by atoms with E-state index < -0.39 is 11.2 Å². The number of rotatable bonds is 2. The van der Waals surface area contributed by atoms with Gasteiger partial charge in [-0.05, 0) is 18.2 Å². The van der Waals surface area contributed by atoms with E-state index in [1.165, 1.54) is 0 Å². The largest absolute Gasteiger partial charge is 0.287 e. The smallest absolute Gasteiger partial charge is 0.208 e. The van der Waals surface area contributed by atoms with Gasteiger partial charge >= 0.3 is 0 Å². The molecule has 0 saturated carbocycles. The van der Waals surface area contributed by atoms with Crippen LogP contribution in [0.2, 0.25) is 0 Å². The van der Waals surface area contributed by atoms with E-state index in [2.05, 4.69) is 4.98 Å². The fourth-order valence-corrected chi connectivity index (χ4v) is 2.16. The van der Waals surface area contributed by atoms with Gasteiger partial charge in [-0.2, -0.15) is 4.55 Å². The van der Waals surface area contributed by atoms with Gasteiger partial charge < -0.3 is 0 Å². The van der Waals surface area contributed by atoms with Crippen LogP contribution >= 0.6 is 0 Å². The van der Waals surface area contributed by atoms with Crippen LogP contribution in [0.4, 0.5) is 0 Å². The van der Waals surface area contributed by atoms with E-state index in [0.29, 0.717) is 5.03 Å². The lowest BCUT2D eigenvalue weighted by Crippen LogP contribution is -2.02. The van der Waals surface area contributed by atoms with Crippen LogP contribution in [0.5, 0.6) is 0 Å². The molecule has 0 fully saturated rings. The topological polar surface area (TPSA) is 33.1 Å². The van der Waals surface area contributed by atoms with Crippen LogP contribution in [0.1, 0.15) is 0 Å². The van der Waals surface area contributed by atoms with E-state index in [9.17, 15) is 4.55 Å². The Labute approximate surface area is 85.8 Å². The summed E-state index contributed by atoms with van der Waals surface area (Å²) in [7, 11) is 0. The standard InChI is InChI=1S/C11H10NOS/c13-14(10-6-2-1-3-7-10)11-8-4-5-9-12-11/h1-9,13H/q+1. The minimum Gasteiger partial charge on any atom is -0.208 e. The first-order valence-corrected chi connectivity index (χ1v) is 5.45. The highest BCUT2D eigenvalue weighted by Crippen LogP contribution is 2.17. The monoisotopic (exact) mass is 204 g/mol. The molecule has 0 aliphatic rings. The van der Waals surface area contributed by atoms with Crippen molar-refractivity contribution in [3.05, 3.63) is 54.7 Å². The summed E-state index contributed by atoms with van der Waals surface area (Å²) >= 11 is -0.908. The number of pyridine rings is 1. The van der Waals surface area contributed by atoms with Crippen molar-refractivity contribution in [2.24, 2.45) is 0 Å². The van der Waals surface area contributed by atoms with Crippen LogP contribution in [0.3, 0.4) is 0 Å². The molecule has 1 N–H and O–H groups in total. The van der Waals surface area contributed by atoms with Crippen LogP contribution in [0, 0.1) is 0 Å². The zero-order valence-corrected chi connectivity index (χ0v) is 8.32. The van der Waals surface area contributed by atoms with E-state index in [4.69, 9.17) is 0 Å². The molecule has 1 unspecified atom stereocenters. The molecule has 70 valence electrons. The molecule has 3 heteroatoms. The molecule has 1 aromatic carbocycles. The molecule has 0 saturated heterocycles. The molecule has 2 rings (SSSR count). The minimum absolute atomic E-state index is 0.707. The molecule has 0 aliphatic heterocycles. The first-order chi connectivity index (χ1) is 6.88. The Morgan fingerprint density at radius 3 is 2.29 bits per heavy atom. The van der Waals surface area contributed by atoms with Gasteiger partial charge in [-0.25, -0.2) is 4.98 Å². The van der Waals surface area contributed by atoms with E-state index >= 15 is 0 Å². The normalized spacial score (nSPS) is 12.4. The van der Waals surface area contributed by atoms with E-state index in [1.54, 1.807) is 6.20 Å². The fourth-order valence-electron chi connectivity index (χ4n) is 1.13. The zero-order valence-electron chi connectivity index (χ0n) is 7.50. The maximum absolute atomic E-state index is 9.96. The first kappa shape index (κ1) is 9.24. The van der Waals surface area contributed by atoms with E-state index in [1.807, 2.05) is 48.5 Å². The second-order valence-corrected chi connectivity index (χ2v) is 4.22. The quantitative estimate of drug-likeness (QED) is 0.763. The van der Waals surface area contributed by atoms with Gasteiger partial charge in [-0.15, -0.1) is 0 Å². The Balaban J connectivity index is 2.30. The SMILES string of the molecule is O[S+](c1ccccc1)c1ccccn1. The average molecular weight is 204 g/mol. The second kappa shape index (κ2) is 4.26. The van der Waals surface area contributed by atoms with Gasteiger partial charge in [0.05, 0.1) is 0 Å². The first-order valence-electron chi connectivity index (χ1n) is 4.27. The summed E-state index contributed by atoms with van der Waals surface area (Å²) in [6.45, 7) is 0. The zero-order chi connectivity index (χ0) is 9.80. The van der Waals surface area contributed by atoms with Gasteiger partial charge in [-0.1, -0.05) is 24.3 Å². The van der Waals surface area contributed by atoms with Crippen molar-refractivity contribution in [3.63, 3.8) is 0 Å². The predicted molar refractivity (Wildman–Crippen MR) is 57.2 cm³/mol. The van der Waals surface area contributed by atoms with Gasteiger partial charge in [-0.3, -0.25) is 0 Å². The molecule has 0 bridgehead atoms. The third kappa shape index (κ3) is 1.95. The number of aromatic nitrogens is 1. The molecule has 0 radical (unpaired) electrons. The summed E-state index contributed by atoms with van der Waals surface area (Å²) in [4.78, 5) is 5.01. The third-order valence-electron chi connectivity index (χ3n) is 1.80. The van der Waals surface area contributed by atoms with Gasteiger partial charge in [0.25, 0.3) is 5.03 Å². The van der Waals surface area contributed by atoms with Crippen LogP contribution in [0.15, 0.2) is 64.6 Å². The van der Waals surface area contributed by atoms with Gasteiger partial charge in [0.2, 0.25) is 11.2 Å². The molecule has 1 atom stereocenters. The van der Waals surface area contributed by atoms with Crippen molar-refractivity contribution in [3.8, 4) is 0 Å². The van der Waals surface area contributed by atoms with E-state index in [0.717, 1.165) is 4.90 Å². The highest BCUT2D eigenvalue weighted by atomic mass is 32.2. The summed E-state index contributed by atoms with van der Waals surface area (Å²) in [5.41, 5.74) is 0. The predicted octanol–water partition coefficient (Wildman–Crippen LogP) is 2.59. The Kier molecular flexibility index (Phi) is 2.81. The summed E-state index contributed by atoms with van der Waals surface area (Å²) in [5, 5.41) is 0.707. The van der Waals surface area contributed by atoms with Crippen molar-refractivity contribution >= 4 is 11.2 Å². The van der Waals surface area contributed by atoms with Crippen LogP contribution in [-0.4, -0.2) is 9.54 Å². The highest BCUT2D eigenvalue weighted by Gasteiger charge is 2.23. The van der Waals surface area contributed by atoms with Crippen molar-refractivity contribution in [2.45, 2.75) is 9.92 Å². The van der Waals surface area contributed by atoms with Crippen LogP contribution in [0.25, 0.3) is 0 Å². The van der Waals surface area contributed by atoms with Crippen molar-refractivity contribution < 1.29 is 4.55 Å². The van der Waals surface area contributed by atoms with E-state index in [-0.39, 0.29) is 0 Å².